The van der Waals surface area contributed by atoms with Crippen LogP contribution in [0.2, 0.25) is 0 Å². The Labute approximate surface area is 151 Å². The quantitative estimate of drug-likeness (QED) is 0.487. The van der Waals surface area contributed by atoms with Gasteiger partial charge in [-0.2, -0.15) is 0 Å². The molecule has 5 nitrogen and oxygen atoms in total. The van der Waals surface area contributed by atoms with Crippen LogP contribution in [0.4, 0.5) is 0 Å². The highest BCUT2D eigenvalue weighted by molar-refractivity contribution is 6.00. The third-order valence-electron chi connectivity index (χ3n) is 5.29. The Balaban J connectivity index is 1.40. The number of hydrogen-bond donors (Lipinski definition) is 0. The van der Waals surface area contributed by atoms with Crippen LogP contribution >= 0.6 is 0 Å². The van der Waals surface area contributed by atoms with Gasteiger partial charge in [-0.25, -0.2) is 4.79 Å². The van der Waals surface area contributed by atoms with Crippen LogP contribution in [0.1, 0.15) is 28.8 Å². The lowest BCUT2D eigenvalue weighted by molar-refractivity contribution is -0.587. The maximum absolute atomic E-state index is 12.4. The van der Waals surface area contributed by atoms with Crippen LogP contribution in [0, 0.1) is 0 Å². The molecule has 3 atom stereocenters. The Bertz CT molecular complexity index is 901. The molecule has 1 aliphatic carbocycles. The van der Waals surface area contributed by atoms with Gasteiger partial charge >= 0.3 is 5.97 Å². The highest BCUT2D eigenvalue weighted by Gasteiger charge is 2.68. The van der Waals surface area contributed by atoms with E-state index in [0.717, 1.165) is 30.7 Å². The zero-order valence-electron chi connectivity index (χ0n) is 14.2. The van der Waals surface area contributed by atoms with Crippen LogP contribution in [-0.2, 0) is 9.47 Å². The number of hydrazone groups is 1. The lowest BCUT2D eigenvalue weighted by Crippen LogP contribution is -2.60. The molecule has 1 saturated carbocycles. The van der Waals surface area contributed by atoms with Gasteiger partial charge in [0.25, 0.3) is 6.04 Å². The molecule has 1 saturated heterocycles. The van der Waals surface area contributed by atoms with Gasteiger partial charge in [0.1, 0.15) is 0 Å². The first-order valence-electron chi connectivity index (χ1n) is 8.92. The fourth-order valence-corrected chi connectivity index (χ4v) is 3.82. The van der Waals surface area contributed by atoms with Crippen molar-refractivity contribution in [1.29, 1.82) is 0 Å². The van der Waals surface area contributed by atoms with Crippen molar-refractivity contribution in [2.24, 2.45) is 5.10 Å². The number of nitrogens with zero attached hydrogens (tertiary/aromatic N) is 2. The summed E-state index contributed by atoms with van der Waals surface area (Å²) in [5, 5.41) is 4.64. The lowest BCUT2D eigenvalue weighted by Gasteiger charge is -2.35. The fourth-order valence-electron chi connectivity index (χ4n) is 3.82. The van der Waals surface area contributed by atoms with Crippen LogP contribution in [0.15, 0.2) is 65.8 Å². The molecule has 2 aromatic rings. The summed E-state index contributed by atoms with van der Waals surface area (Å²) in [5.41, 5.74) is 2.43. The predicted octanol–water partition coefficient (Wildman–Crippen LogP) is 2.64. The Kier molecular flexibility index (Phi) is 3.50. The second-order valence-corrected chi connectivity index (χ2v) is 7.00. The van der Waals surface area contributed by atoms with E-state index >= 15 is 0 Å². The lowest BCUT2D eigenvalue weighted by atomic mass is 9.79. The average Bonchev–Trinajstić information content (AvgIpc) is 3.42. The van der Waals surface area contributed by atoms with Crippen LogP contribution < -0.4 is 0 Å². The molecule has 26 heavy (non-hydrogen) atoms. The van der Waals surface area contributed by atoms with Crippen molar-refractivity contribution >= 4 is 17.9 Å². The molecule has 3 unspecified atom stereocenters. The Morgan fingerprint density at radius 2 is 1.85 bits per heavy atom. The van der Waals surface area contributed by atoms with Crippen molar-refractivity contribution in [2.75, 3.05) is 6.61 Å². The number of epoxide rings is 1. The molecule has 3 aliphatic rings. The minimum Gasteiger partial charge on any atom is -0.452 e. The van der Waals surface area contributed by atoms with Crippen LogP contribution in [-0.4, -0.2) is 46.9 Å². The predicted molar refractivity (Wildman–Crippen MR) is 96.7 cm³/mol. The van der Waals surface area contributed by atoms with Gasteiger partial charge in [0, 0.05) is 10.7 Å². The van der Waals surface area contributed by atoms with E-state index in [1.807, 2.05) is 59.4 Å². The van der Waals surface area contributed by atoms with Gasteiger partial charge in [-0.05, 0) is 37.1 Å². The standard InChI is InChI=1S/C21H19N2O3/c24-20(16-9-5-2-6-10-16)26-17-11-12-21(14-25-21)19-18(17)22-23(19)13-15-7-3-1-4-8-15/h1-10,13,17,19H,11-12,14H2/q+1. The number of hydrogen-bond acceptors (Lipinski definition) is 4. The van der Waals surface area contributed by atoms with Crippen LogP contribution in [0.25, 0.3) is 0 Å². The fraction of sp³-hybridized carbons (Fsp3) is 0.286. The van der Waals surface area contributed by atoms with Gasteiger partial charge in [0.05, 0.1) is 12.2 Å². The topological polar surface area (TPSA) is 54.2 Å². The van der Waals surface area contributed by atoms with Crippen molar-refractivity contribution in [1.82, 2.24) is 0 Å². The van der Waals surface area contributed by atoms with E-state index in [9.17, 15) is 4.79 Å². The Hall–Kier alpha value is -2.79. The van der Waals surface area contributed by atoms with Gasteiger partial charge < -0.3 is 9.47 Å². The van der Waals surface area contributed by atoms with E-state index in [1.165, 1.54) is 0 Å². The van der Waals surface area contributed by atoms with E-state index < -0.39 is 0 Å². The second-order valence-electron chi connectivity index (χ2n) is 7.00. The van der Waals surface area contributed by atoms with E-state index in [1.54, 1.807) is 12.1 Å². The van der Waals surface area contributed by atoms with Gasteiger partial charge in [-0.3, -0.25) is 0 Å². The van der Waals surface area contributed by atoms with Gasteiger partial charge in [-0.15, -0.1) is 0 Å². The molecule has 5 rings (SSSR count). The van der Waals surface area contributed by atoms with Gasteiger partial charge in [-0.1, -0.05) is 41.1 Å². The first-order chi connectivity index (χ1) is 12.8. The largest absolute Gasteiger partial charge is 0.452 e. The van der Waals surface area contributed by atoms with E-state index in [4.69, 9.17) is 9.47 Å². The summed E-state index contributed by atoms with van der Waals surface area (Å²) in [6, 6.07) is 19.3. The number of rotatable bonds is 3. The molecule has 0 amide bonds. The summed E-state index contributed by atoms with van der Waals surface area (Å²) in [7, 11) is 0. The summed E-state index contributed by atoms with van der Waals surface area (Å²) < 4.78 is 13.5. The minimum atomic E-state index is -0.296. The molecule has 2 fully saturated rings. The zero-order valence-corrected chi connectivity index (χ0v) is 14.2. The van der Waals surface area contributed by atoms with Crippen molar-refractivity contribution in [3.8, 4) is 0 Å². The molecule has 1 spiro atoms. The summed E-state index contributed by atoms with van der Waals surface area (Å²) in [6.45, 7) is 0.745. The monoisotopic (exact) mass is 347 g/mol. The van der Waals surface area contributed by atoms with E-state index in [-0.39, 0.29) is 23.7 Å². The molecule has 0 radical (unpaired) electrons. The summed E-state index contributed by atoms with van der Waals surface area (Å²) >= 11 is 0. The molecule has 0 aromatic heterocycles. The maximum atomic E-state index is 12.4. The molecule has 0 bridgehead atoms. The number of benzene rings is 2. The van der Waals surface area contributed by atoms with Gasteiger partial charge in [0.15, 0.2) is 17.4 Å². The zero-order chi connectivity index (χ0) is 17.6. The second kappa shape index (κ2) is 5.88. The molecule has 0 N–H and O–H groups in total. The molecule has 130 valence electrons. The van der Waals surface area contributed by atoms with Crippen LogP contribution in [0.3, 0.4) is 0 Å². The Morgan fingerprint density at radius 1 is 1.15 bits per heavy atom. The van der Waals surface area contributed by atoms with Crippen molar-refractivity contribution in [2.45, 2.75) is 30.6 Å². The summed E-state index contributed by atoms with van der Waals surface area (Å²) in [5.74, 6) is -0.296. The highest BCUT2D eigenvalue weighted by atomic mass is 16.6. The van der Waals surface area contributed by atoms with E-state index in [2.05, 4.69) is 5.10 Å². The number of carbonyl (C=O) groups excluding carboxylic acids is 1. The molecule has 5 heteroatoms. The smallest absolute Gasteiger partial charge is 0.338 e. The maximum Gasteiger partial charge on any atom is 0.338 e. The average molecular weight is 347 g/mol. The molecular formula is C21H19N2O3+. The molecule has 2 aromatic carbocycles. The van der Waals surface area contributed by atoms with Crippen molar-refractivity contribution < 1.29 is 19.0 Å². The first kappa shape index (κ1) is 15.5. The normalized spacial score (nSPS) is 30.3. The summed E-state index contributed by atoms with van der Waals surface area (Å²) in [6.07, 6.45) is 3.39. The van der Waals surface area contributed by atoms with Crippen molar-refractivity contribution in [3.05, 3.63) is 71.8 Å². The molecule has 2 aliphatic heterocycles. The number of carbonyl (C=O) groups is 1. The third-order valence-corrected chi connectivity index (χ3v) is 5.29. The number of esters is 1. The molecular weight excluding hydrogens is 328 g/mol. The third kappa shape index (κ3) is 2.56. The van der Waals surface area contributed by atoms with Crippen LogP contribution in [0.5, 0.6) is 0 Å². The Morgan fingerprint density at radius 3 is 2.54 bits per heavy atom. The first-order valence-corrected chi connectivity index (χ1v) is 8.92. The summed E-state index contributed by atoms with van der Waals surface area (Å²) in [4.78, 5) is 12.4. The van der Waals surface area contributed by atoms with Gasteiger partial charge in [0.2, 0.25) is 6.21 Å². The highest BCUT2D eigenvalue weighted by Crippen LogP contribution is 2.46. The molecule has 2 heterocycles. The SMILES string of the molecule is O=C(OC1CCC2(CO2)C2C1=N[N+]2=Cc1ccccc1)c1ccccc1. The number of fused-ring (bicyclic) bond motifs is 2. The number of ether oxygens (including phenoxy) is 2. The van der Waals surface area contributed by atoms with E-state index in [0.29, 0.717) is 5.56 Å². The van der Waals surface area contributed by atoms with Crippen molar-refractivity contribution in [3.63, 3.8) is 0 Å². The minimum absolute atomic E-state index is 0.0602.